The first-order valence-corrected chi connectivity index (χ1v) is 11.1. The van der Waals surface area contributed by atoms with Crippen molar-refractivity contribution in [1.29, 1.82) is 0 Å². The van der Waals surface area contributed by atoms with Gasteiger partial charge < -0.3 is 9.84 Å². The Morgan fingerprint density at radius 2 is 1.71 bits per heavy atom. The summed E-state index contributed by atoms with van der Waals surface area (Å²) in [5, 5.41) is 23.2. The van der Waals surface area contributed by atoms with E-state index in [1.807, 2.05) is 69.3 Å². The molecule has 0 saturated heterocycles. The van der Waals surface area contributed by atoms with Gasteiger partial charge in [-0.15, -0.1) is 0 Å². The van der Waals surface area contributed by atoms with E-state index in [2.05, 4.69) is 5.32 Å². The predicted octanol–water partition coefficient (Wildman–Crippen LogP) is 6.01. The van der Waals surface area contributed by atoms with Gasteiger partial charge in [-0.2, -0.15) is 0 Å². The number of phenolic OH excluding ortho intramolecular Hbond substituents is 1. The number of nitrogens with one attached hydrogen (secondary N) is 2. The van der Waals surface area contributed by atoms with E-state index in [9.17, 15) is 14.7 Å². The molecule has 3 aromatic carbocycles. The molecule has 178 valence electrons. The first-order valence-electron chi connectivity index (χ1n) is 11.1. The Hall–Kier alpha value is -3.84. The number of rotatable bonds is 8. The molecule has 7 heteroatoms. The predicted molar refractivity (Wildman–Crippen MR) is 132 cm³/mol. The minimum absolute atomic E-state index is 0.151. The van der Waals surface area contributed by atoms with Crippen LogP contribution in [-0.2, 0) is 9.53 Å². The van der Waals surface area contributed by atoms with Gasteiger partial charge in [0, 0.05) is 28.1 Å². The molecule has 0 aliphatic carbocycles. The third-order valence-corrected chi connectivity index (χ3v) is 5.78. The quantitative estimate of drug-likeness (QED) is 0.186. The number of amides is 2. The van der Waals surface area contributed by atoms with Crippen LogP contribution < -0.4 is 10.8 Å². The van der Waals surface area contributed by atoms with Gasteiger partial charge in [0.2, 0.25) is 0 Å². The van der Waals surface area contributed by atoms with Gasteiger partial charge in [0.15, 0.2) is 0 Å². The number of hydrogen-bond donors (Lipinski definition) is 4. The molecule has 2 amide bonds. The van der Waals surface area contributed by atoms with Crippen LogP contribution in [0.3, 0.4) is 0 Å². The minimum Gasteiger partial charge on any atom is -0.507 e. The number of anilines is 1. The largest absolute Gasteiger partial charge is 0.507 e. The van der Waals surface area contributed by atoms with Crippen molar-refractivity contribution in [3.05, 3.63) is 83.9 Å². The van der Waals surface area contributed by atoms with Crippen LogP contribution in [0.4, 0.5) is 10.5 Å². The van der Waals surface area contributed by atoms with Crippen LogP contribution in [0.1, 0.15) is 43.9 Å². The number of aryl methyl sites for hydroxylation is 1. The minimum atomic E-state index is -0.650. The average molecular weight is 463 g/mol. The molecule has 0 aliphatic rings. The molecule has 0 bridgehead atoms. The standard InChI is InChI=1S/C27H30N2O5/c1-18-11-13-19(14-12-18)28-26(32)34-25(27(2,3)17-7-6-10-24(31)29-33)22-15-16-23(30)21-9-5-4-8-20(21)22/h4-6,8-16,25,30,33H,7,17H2,1-3H3,(H,28,32)(H,29,31)/b10-6+/t25-/m0/s1. The fourth-order valence-electron chi connectivity index (χ4n) is 3.88. The molecule has 34 heavy (non-hydrogen) atoms. The zero-order valence-electron chi connectivity index (χ0n) is 19.5. The Labute approximate surface area is 199 Å². The highest BCUT2D eigenvalue weighted by Crippen LogP contribution is 2.44. The lowest BCUT2D eigenvalue weighted by molar-refractivity contribution is -0.124. The molecule has 0 unspecified atom stereocenters. The second-order valence-electron chi connectivity index (χ2n) is 8.90. The lowest BCUT2D eigenvalue weighted by Crippen LogP contribution is -2.29. The summed E-state index contributed by atoms with van der Waals surface area (Å²) in [7, 11) is 0. The summed E-state index contributed by atoms with van der Waals surface area (Å²) >= 11 is 0. The summed E-state index contributed by atoms with van der Waals surface area (Å²) in [5.74, 6) is -0.453. The van der Waals surface area contributed by atoms with Crippen molar-refractivity contribution < 1.29 is 24.6 Å². The number of carbonyl (C=O) groups is 2. The van der Waals surface area contributed by atoms with Crippen LogP contribution in [0.15, 0.2) is 72.8 Å². The van der Waals surface area contributed by atoms with Crippen LogP contribution in [0.5, 0.6) is 5.75 Å². The molecule has 3 aromatic rings. The number of aromatic hydroxyl groups is 1. The molecular weight excluding hydrogens is 432 g/mol. The normalized spacial score (nSPS) is 12.5. The Bertz CT molecular complexity index is 1190. The summed E-state index contributed by atoms with van der Waals surface area (Å²) in [5.41, 5.74) is 3.50. The van der Waals surface area contributed by atoms with Crippen LogP contribution in [0.2, 0.25) is 0 Å². The van der Waals surface area contributed by atoms with Crippen molar-refractivity contribution >= 4 is 28.5 Å². The SMILES string of the molecule is Cc1ccc(NC(=O)O[C@@H](c2ccc(O)c3ccccc23)C(C)(C)CC/C=C/C(=O)NO)cc1. The van der Waals surface area contributed by atoms with Crippen LogP contribution in [0.25, 0.3) is 10.8 Å². The monoisotopic (exact) mass is 462 g/mol. The molecule has 0 aliphatic heterocycles. The molecule has 3 rings (SSSR count). The maximum absolute atomic E-state index is 12.9. The Morgan fingerprint density at radius 3 is 2.38 bits per heavy atom. The topological polar surface area (TPSA) is 108 Å². The molecule has 0 spiro atoms. The average Bonchev–Trinajstić information content (AvgIpc) is 2.82. The zero-order valence-corrected chi connectivity index (χ0v) is 19.5. The fraction of sp³-hybridized carbons (Fsp3) is 0.259. The number of carbonyl (C=O) groups excluding carboxylic acids is 2. The van der Waals surface area contributed by atoms with Crippen molar-refractivity contribution in [2.24, 2.45) is 5.41 Å². The number of ether oxygens (including phenoxy) is 1. The number of benzene rings is 3. The summed E-state index contributed by atoms with van der Waals surface area (Å²) in [6, 6.07) is 18.2. The number of allylic oxidation sites excluding steroid dienone is 1. The van der Waals surface area contributed by atoms with E-state index in [0.29, 0.717) is 23.9 Å². The molecule has 0 radical (unpaired) electrons. The highest BCUT2D eigenvalue weighted by molar-refractivity contribution is 5.92. The van der Waals surface area contributed by atoms with Gasteiger partial charge in [-0.05, 0) is 43.4 Å². The molecule has 0 fully saturated rings. The first kappa shape index (κ1) is 24.8. The zero-order chi connectivity index (χ0) is 24.7. The smallest absolute Gasteiger partial charge is 0.412 e. The number of fused-ring (bicyclic) bond motifs is 1. The van der Waals surface area contributed by atoms with Gasteiger partial charge in [0.1, 0.15) is 11.9 Å². The third kappa shape index (κ3) is 6.14. The van der Waals surface area contributed by atoms with Crippen molar-refractivity contribution in [3.63, 3.8) is 0 Å². The maximum atomic E-state index is 12.9. The summed E-state index contributed by atoms with van der Waals surface area (Å²) in [6.45, 7) is 5.94. The van der Waals surface area contributed by atoms with Crippen LogP contribution >= 0.6 is 0 Å². The van der Waals surface area contributed by atoms with Gasteiger partial charge in [0.25, 0.3) is 5.91 Å². The maximum Gasteiger partial charge on any atom is 0.412 e. The number of phenols is 1. The molecule has 7 nitrogen and oxygen atoms in total. The van der Waals surface area contributed by atoms with E-state index in [4.69, 9.17) is 9.94 Å². The molecule has 0 heterocycles. The highest BCUT2D eigenvalue weighted by atomic mass is 16.6. The van der Waals surface area contributed by atoms with E-state index < -0.39 is 23.5 Å². The van der Waals surface area contributed by atoms with Crippen LogP contribution in [-0.4, -0.2) is 22.3 Å². The molecular formula is C27H30N2O5. The Kier molecular flexibility index (Phi) is 7.91. The van der Waals surface area contributed by atoms with Gasteiger partial charge in [-0.25, -0.2) is 10.3 Å². The Balaban J connectivity index is 1.92. The number of hydroxylamine groups is 1. The van der Waals surface area contributed by atoms with Crippen molar-refractivity contribution in [2.75, 3.05) is 5.32 Å². The highest BCUT2D eigenvalue weighted by Gasteiger charge is 2.35. The second-order valence-corrected chi connectivity index (χ2v) is 8.90. The van der Waals surface area contributed by atoms with E-state index in [1.54, 1.807) is 23.7 Å². The van der Waals surface area contributed by atoms with Gasteiger partial charge in [-0.1, -0.05) is 68.0 Å². The lowest BCUT2D eigenvalue weighted by atomic mass is 9.77. The third-order valence-electron chi connectivity index (χ3n) is 5.78. The lowest BCUT2D eigenvalue weighted by Gasteiger charge is -2.35. The van der Waals surface area contributed by atoms with Crippen molar-refractivity contribution in [1.82, 2.24) is 5.48 Å². The number of hydrogen-bond acceptors (Lipinski definition) is 5. The summed E-state index contributed by atoms with van der Waals surface area (Å²) in [4.78, 5) is 24.2. The van der Waals surface area contributed by atoms with Gasteiger partial charge >= 0.3 is 6.09 Å². The molecule has 0 saturated carbocycles. The van der Waals surface area contributed by atoms with E-state index in [0.717, 1.165) is 16.5 Å². The van der Waals surface area contributed by atoms with E-state index >= 15 is 0 Å². The van der Waals surface area contributed by atoms with Gasteiger partial charge in [0.05, 0.1) is 0 Å². The second kappa shape index (κ2) is 10.9. The molecule has 0 aromatic heterocycles. The van der Waals surface area contributed by atoms with Crippen LogP contribution in [0, 0.1) is 12.3 Å². The molecule has 1 atom stereocenters. The Morgan fingerprint density at radius 1 is 1.03 bits per heavy atom. The summed E-state index contributed by atoms with van der Waals surface area (Å²) < 4.78 is 6.01. The van der Waals surface area contributed by atoms with Gasteiger partial charge in [-0.3, -0.25) is 15.3 Å². The van der Waals surface area contributed by atoms with Crippen molar-refractivity contribution in [2.45, 2.75) is 39.7 Å². The fourth-order valence-corrected chi connectivity index (χ4v) is 3.88. The van der Waals surface area contributed by atoms with E-state index in [1.165, 1.54) is 6.08 Å². The molecule has 4 N–H and O–H groups in total. The summed E-state index contributed by atoms with van der Waals surface area (Å²) in [6.07, 6.45) is 2.78. The van der Waals surface area contributed by atoms with E-state index in [-0.39, 0.29) is 5.75 Å². The van der Waals surface area contributed by atoms with Crippen molar-refractivity contribution in [3.8, 4) is 5.75 Å². The first-order chi connectivity index (χ1) is 16.2.